The van der Waals surface area contributed by atoms with Gasteiger partial charge in [0.05, 0.1) is 0 Å². The van der Waals surface area contributed by atoms with E-state index in [4.69, 9.17) is 0 Å². The van der Waals surface area contributed by atoms with Gasteiger partial charge in [-0.05, 0) is 49.4 Å². The van der Waals surface area contributed by atoms with E-state index < -0.39 is 0 Å². The summed E-state index contributed by atoms with van der Waals surface area (Å²) in [7, 11) is 0. The van der Waals surface area contributed by atoms with Crippen LogP contribution in [0.15, 0.2) is 0 Å². The SMILES string of the molecule is O=C1CC(C2CC2)CC2(CC2)C1. The second-order valence-electron chi connectivity index (χ2n) is 5.22. The monoisotopic (exact) mass is 164 g/mol. The highest BCUT2D eigenvalue weighted by Gasteiger charge is 2.51. The van der Waals surface area contributed by atoms with E-state index in [0.29, 0.717) is 11.2 Å². The predicted octanol–water partition coefficient (Wildman–Crippen LogP) is 2.55. The molecule has 3 rings (SSSR count). The van der Waals surface area contributed by atoms with Crippen LogP contribution < -0.4 is 0 Å². The van der Waals surface area contributed by atoms with Crippen molar-refractivity contribution in [2.45, 2.75) is 44.9 Å². The lowest BCUT2D eigenvalue weighted by atomic mass is 9.76. The molecule has 1 nitrogen and oxygen atoms in total. The van der Waals surface area contributed by atoms with Gasteiger partial charge >= 0.3 is 0 Å². The summed E-state index contributed by atoms with van der Waals surface area (Å²) in [5.41, 5.74) is 0.544. The summed E-state index contributed by atoms with van der Waals surface area (Å²) < 4.78 is 0. The topological polar surface area (TPSA) is 17.1 Å². The maximum absolute atomic E-state index is 11.5. The quantitative estimate of drug-likeness (QED) is 0.582. The molecule has 1 spiro atoms. The molecule has 0 saturated heterocycles. The normalized spacial score (nSPS) is 38.7. The Balaban J connectivity index is 1.74. The minimum Gasteiger partial charge on any atom is -0.300 e. The van der Waals surface area contributed by atoms with Crippen molar-refractivity contribution >= 4 is 5.78 Å². The highest BCUT2D eigenvalue weighted by atomic mass is 16.1. The molecule has 12 heavy (non-hydrogen) atoms. The molecule has 0 N–H and O–H groups in total. The molecule has 0 radical (unpaired) electrons. The summed E-state index contributed by atoms with van der Waals surface area (Å²) in [5, 5.41) is 0. The van der Waals surface area contributed by atoms with Crippen LogP contribution in [0.5, 0.6) is 0 Å². The predicted molar refractivity (Wildman–Crippen MR) is 46.7 cm³/mol. The first-order valence-corrected chi connectivity index (χ1v) is 5.29. The van der Waals surface area contributed by atoms with Gasteiger partial charge in [-0.2, -0.15) is 0 Å². The molecule has 1 unspecified atom stereocenters. The van der Waals surface area contributed by atoms with E-state index in [1.807, 2.05) is 0 Å². The van der Waals surface area contributed by atoms with Crippen molar-refractivity contribution in [2.24, 2.45) is 17.3 Å². The van der Waals surface area contributed by atoms with Crippen LogP contribution in [-0.4, -0.2) is 5.78 Å². The largest absolute Gasteiger partial charge is 0.300 e. The zero-order valence-electron chi connectivity index (χ0n) is 7.51. The summed E-state index contributed by atoms with van der Waals surface area (Å²) in [5.74, 6) is 2.32. The van der Waals surface area contributed by atoms with Crippen LogP contribution >= 0.6 is 0 Å². The fourth-order valence-corrected chi connectivity index (χ4v) is 2.94. The van der Waals surface area contributed by atoms with Gasteiger partial charge in [0.25, 0.3) is 0 Å². The molecule has 1 heteroatoms. The molecule has 0 aromatic rings. The second-order valence-corrected chi connectivity index (χ2v) is 5.22. The number of hydrogen-bond acceptors (Lipinski definition) is 1. The summed E-state index contributed by atoms with van der Waals surface area (Å²) >= 11 is 0. The maximum atomic E-state index is 11.5. The highest BCUT2D eigenvalue weighted by molar-refractivity contribution is 5.80. The van der Waals surface area contributed by atoms with Gasteiger partial charge < -0.3 is 0 Å². The first-order chi connectivity index (χ1) is 5.77. The summed E-state index contributed by atoms with van der Waals surface area (Å²) in [4.78, 5) is 11.5. The molecular weight excluding hydrogens is 148 g/mol. The summed E-state index contributed by atoms with van der Waals surface area (Å²) in [6.07, 6.45) is 8.76. The Labute approximate surface area is 73.5 Å². The number of rotatable bonds is 1. The fourth-order valence-electron chi connectivity index (χ4n) is 2.94. The average molecular weight is 164 g/mol. The molecule has 0 aromatic carbocycles. The van der Waals surface area contributed by atoms with Crippen molar-refractivity contribution in [3.63, 3.8) is 0 Å². The molecule has 1 atom stereocenters. The van der Waals surface area contributed by atoms with Crippen LogP contribution in [0.4, 0.5) is 0 Å². The lowest BCUT2D eigenvalue weighted by molar-refractivity contribution is -0.123. The van der Waals surface area contributed by atoms with E-state index in [1.54, 1.807) is 0 Å². The van der Waals surface area contributed by atoms with Gasteiger partial charge in [0, 0.05) is 12.8 Å². The van der Waals surface area contributed by atoms with Gasteiger partial charge in [-0.15, -0.1) is 0 Å². The lowest BCUT2D eigenvalue weighted by Crippen LogP contribution is -2.24. The molecule has 0 amide bonds. The van der Waals surface area contributed by atoms with Crippen molar-refractivity contribution in [1.29, 1.82) is 0 Å². The molecule has 0 aromatic heterocycles. The van der Waals surface area contributed by atoms with Gasteiger partial charge in [0.15, 0.2) is 0 Å². The third-order valence-electron chi connectivity index (χ3n) is 4.00. The number of carbonyl (C=O) groups is 1. The van der Waals surface area contributed by atoms with E-state index in [2.05, 4.69) is 0 Å². The van der Waals surface area contributed by atoms with Crippen LogP contribution in [0.3, 0.4) is 0 Å². The van der Waals surface area contributed by atoms with Crippen LogP contribution in [0.25, 0.3) is 0 Å². The molecular formula is C11H16O. The van der Waals surface area contributed by atoms with Crippen LogP contribution in [0.1, 0.15) is 44.9 Å². The van der Waals surface area contributed by atoms with Crippen LogP contribution in [0.2, 0.25) is 0 Å². The summed E-state index contributed by atoms with van der Waals surface area (Å²) in [6.45, 7) is 0. The number of carbonyl (C=O) groups excluding carboxylic acids is 1. The van der Waals surface area contributed by atoms with Crippen LogP contribution in [0, 0.1) is 17.3 Å². The van der Waals surface area contributed by atoms with E-state index in [-0.39, 0.29) is 0 Å². The standard InChI is InChI=1S/C11H16O/c12-10-5-9(8-1-2-8)6-11(7-10)3-4-11/h8-9H,1-7H2. The third kappa shape index (κ3) is 1.10. The maximum Gasteiger partial charge on any atom is 0.133 e. The molecule has 3 aliphatic carbocycles. The van der Waals surface area contributed by atoms with E-state index in [1.165, 1.54) is 32.1 Å². The molecule has 3 aliphatic rings. The molecule has 0 aliphatic heterocycles. The third-order valence-corrected chi connectivity index (χ3v) is 4.00. The van der Waals surface area contributed by atoms with E-state index in [9.17, 15) is 4.79 Å². The Morgan fingerprint density at radius 2 is 1.92 bits per heavy atom. The zero-order valence-corrected chi connectivity index (χ0v) is 7.51. The van der Waals surface area contributed by atoms with Gasteiger partial charge in [0.2, 0.25) is 0 Å². The minimum absolute atomic E-state index is 0.544. The van der Waals surface area contributed by atoms with Crippen molar-refractivity contribution < 1.29 is 4.79 Å². The first kappa shape index (κ1) is 7.11. The minimum atomic E-state index is 0.544. The first-order valence-electron chi connectivity index (χ1n) is 5.29. The van der Waals surface area contributed by atoms with Gasteiger partial charge in [-0.25, -0.2) is 0 Å². The number of hydrogen-bond donors (Lipinski definition) is 0. The van der Waals surface area contributed by atoms with Crippen molar-refractivity contribution in [1.82, 2.24) is 0 Å². The van der Waals surface area contributed by atoms with Crippen molar-refractivity contribution in [3.05, 3.63) is 0 Å². The molecule has 0 heterocycles. The van der Waals surface area contributed by atoms with Gasteiger partial charge in [-0.3, -0.25) is 4.79 Å². The Hall–Kier alpha value is -0.330. The molecule has 3 saturated carbocycles. The highest BCUT2D eigenvalue weighted by Crippen LogP contribution is 2.59. The van der Waals surface area contributed by atoms with Gasteiger partial charge in [0.1, 0.15) is 5.78 Å². The Morgan fingerprint density at radius 3 is 2.50 bits per heavy atom. The zero-order chi connectivity index (χ0) is 8.18. The van der Waals surface area contributed by atoms with E-state index in [0.717, 1.165) is 24.7 Å². The Morgan fingerprint density at radius 1 is 1.17 bits per heavy atom. The average Bonchev–Trinajstić information content (AvgIpc) is 2.81. The van der Waals surface area contributed by atoms with E-state index >= 15 is 0 Å². The Kier molecular flexibility index (Phi) is 1.26. The smallest absolute Gasteiger partial charge is 0.133 e. The van der Waals surface area contributed by atoms with Crippen molar-refractivity contribution in [3.8, 4) is 0 Å². The summed E-state index contributed by atoms with van der Waals surface area (Å²) in [6, 6.07) is 0. The molecule has 3 fully saturated rings. The molecule has 66 valence electrons. The van der Waals surface area contributed by atoms with Crippen molar-refractivity contribution in [2.75, 3.05) is 0 Å². The Bertz CT molecular complexity index is 223. The second kappa shape index (κ2) is 2.12. The molecule has 0 bridgehead atoms. The number of ketones is 1. The fraction of sp³-hybridized carbons (Fsp3) is 0.909. The van der Waals surface area contributed by atoms with Gasteiger partial charge in [-0.1, -0.05) is 0 Å². The van der Waals surface area contributed by atoms with Crippen LogP contribution in [-0.2, 0) is 4.79 Å². The lowest BCUT2D eigenvalue weighted by Gasteiger charge is -2.28. The number of Topliss-reactive ketones (excluding diaryl/α,β-unsaturated/α-hetero) is 1.